The lowest BCUT2D eigenvalue weighted by atomic mass is 10.2. The molecule has 0 aromatic carbocycles. The number of hydrogen-bond acceptors (Lipinski definition) is 5. The Labute approximate surface area is 108 Å². The van der Waals surface area contributed by atoms with Gasteiger partial charge in [0.1, 0.15) is 0 Å². The normalized spacial score (nSPS) is 21.4. The summed E-state index contributed by atoms with van der Waals surface area (Å²) in [5, 5.41) is 10.4. The molecule has 1 heterocycles. The van der Waals surface area contributed by atoms with E-state index in [4.69, 9.17) is 14.2 Å². The van der Waals surface area contributed by atoms with Crippen LogP contribution in [0.5, 0.6) is 0 Å². The minimum atomic E-state index is -0.387. The van der Waals surface area contributed by atoms with Crippen LogP contribution in [-0.4, -0.2) is 61.9 Å². The number of hydrogen-bond donors (Lipinski definition) is 1. The third-order valence-electron chi connectivity index (χ3n) is 2.67. The number of thioether (sulfide) groups is 1. The van der Waals surface area contributed by atoms with E-state index in [2.05, 4.69) is 0 Å². The first-order valence-electron chi connectivity index (χ1n) is 6.20. The molecule has 2 atom stereocenters. The Morgan fingerprint density at radius 3 is 2.71 bits per heavy atom. The molecular weight excluding hydrogens is 240 g/mol. The molecule has 0 bridgehead atoms. The van der Waals surface area contributed by atoms with Crippen LogP contribution in [0.1, 0.15) is 19.8 Å². The fraction of sp³-hybridized carbons (Fsp3) is 1.00. The van der Waals surface area contributed by atoms with Crippen molar-refractivity contribution in [1.82, 2.24) is 0 Å². The third kappa shape index (κ3) is 7.26. The highest BCUT2D eigenvalue weighted by Crippen LogP contribution is 2.22. The van der Waals surface area contributed by atoms with E-state index in [1.807, 2.05) is 18.7 Å². The molecule has 1 aliphatic rings. The minimum absolute atomic E-state index is 0.0442. The summed E-state index contributed by atoms with van der Waals surface area (Å²) in [6.45, 7) is 4.62. The van der Waals surface area contributed by atoms with Crippen LogP contribution in [0.4, 0.5) is 0 Å². The van der Waals surface area contributed by atoms with Crippen LogP contribution < -0.4 is 0 Å². The van der Waals surface area contributed by atoms with Crippen molar-refractivity contribution >= 4 is 11.8 Å². The fourth-order valence-corrected chi connectivity index (χ4v) is 2.81. The van der Waals surface area contributed by atoms with E-state index in [-0.39, 0.29) is 12.2 Å². The van der Waals surface area contributed by atoms with Gasteiger partial charge in [0, 0.05) is 31.3 Å². The Balaban J connectivity index is 2.01. The lowest BCUT2D eigenvalue weighted by Gasteiger charge is -2.23. The van der Waals surface area contributed by atoms with Crippen molar-refractivity contribution in [2.75, 3.05) is 39.3 Å². The van der Waals surface area contributed by atoms with E-state index in [1.165, 1.54) is 0 Å². The summed E-state index contributed by atoms with van der Waals surface area (Å²) < 4.78 is 15.7. The Kier molecular flexibility index (Phi) is 8.22. The molecule has 0 aromatic rings. The van der Waals surface area contributed by atoms with Gasteiger partial charge in [-0.3, -0.25) is 0 Å². The van der Waals surface area contributed by atoms with E-state index >= 15 is 0 Å². The van der Waals surface area contributed by atoms with Crippen molar-refractivity contribution in [1.29, 1.82) is 0 Å². The molecule has 17 heavy (non-hydrogen) atoms. The fourth-order valence-electron chi connectivity index (χ4n) is 1.70. The molecule has 0 saturated carbocycles. The van der Waals surface area contributed by atoms with Gasteiger partial charge in [-0.25, -0.2) is 0 Å². The van der Waals surface area contributed by atoms with Gasteiger partial charge in [0.05, 0.1) is 25.4 Å². The summed E-state index contributed by atoms with van der Waals surface area (Å²) in [5.41, 5.74) is 0. The van der Waals surface area contributed by atoms with Crippen molar-refractivity contribution in [3.8, 4) is 0 Å². The molecular formula is C12H24O4S. The summed E-state index contributed by atoms with van der Waals surface area (Å²) in [4.78, 5) is 0. The first-order chi connectivity index (χ1) is 8.22. The van der Waals surface area contributed by atoms with Gasteiger partial charge in [-0.2, -0.15) is 11.8 Å². The number of aliphatic hydroxyl groups is 1. The maximum atomic E-state index is 9.78. The molecule has 102 valence electrons. The molecule has 1 rings (SSSR count). The molecule has 1 aliphatic heterocycles. The summed E-state index contributed by atoms with van der Waals surface area (Å²) >= 11 is 1.83. The molecule has 1 N–H and O–H groups in total. The standard InChI is InChI=1S/C12H24O4S/c1-10(7-14-2)16-8-11(13)9-17-12-3-5-15-6-4-12/h10-13H,3-9H2,1-2H3. The largest absolute Gasteiger partial charge is 0.390 e. The van der Waals surface area contributed by atoms with Gasteiger partial charge in [-0.05, 0) is 19.8 Å². The van der Waals surface area contributed by atoms with Gasteiger partial charge >= 0.3 is 0 Å². The molecule has 2 unspecified atom stereocenters. The first kappa shape index (κ1) is 15.2. The zero-order chi connectivity index (χ0) is 12.5. The Morgan fingerprint density at radius 1 is 1.35 bits per heavy atom. The van der Waals surface area contributed by atoms with Gasteiger partial charge in [0.15, 0.2) is 0 Å². The van der Waals surface area contributed by atoms with Crippen LogP contribution >= 0.6 is 11.8 Å². The Bertz CT molecular complexity index is 185. The van der Waals surface area contributed by atoms with E-state index in [1.54, 1.807) is 7.11 Å². The number of ether oxygens (including phenoxy) is 3. The SMILES string of the molecule is COCC(C)OCC(O)CSC1CCOCC1. The molecule has 1 fully saturated rings. The predicted molar refractivity (Wildman–Crippen MR) is 69.6 cm³/mol. The topological polar surface area (TPSA) is 47.9 Å². The number of methoxy groups -OCH3 is 1. The van der Waals surface area contributed by atoms with Crippen LogP contribution in [0, 0.1) is 0 Å². The molecule has 1 saturated heterocycles. The molecule has 0 aliphatic carbocycles. The summed E-state index contributed by atoms with van der Waals surface area (Å²) in [5.74, 6) is 0.740. The zero-order valence-corrected chi connectivity index (χ0v) is 11.6. The van der Waals surface area contributed by atoms with Crippen LogP contribution in [0.2, 0.25) is 0 Å². The Morgan fingerprint density at radius 2 is 2.06 bits per heavy atom. The summed E-state index contributed by atoms with van der Waals surface area (Å²) in [7, 11) is 1.65. The van der Waals surface area contributed by atoms with E-state index < -0.39 is 0 Å². The molecule has 4 nitrogen and oxygen atoms in total. The van der Waals surface area contributed by atoms with Crippen molar-refractivity contribution in [2.24, 2.45) is 0 Å². The average molecular weight is 264 g/mol. The monoisotopic (exact) mass is 264 g/mol. The second kappa shape index (κ2) is 9.16. The molecule has 5 heteroatoms. The van der Waals surface area contributed by atoms with Gasteiger partial charge in [-0.15, -0.1) is 0 Å². The van der Waals surface area contributed by atoms with Crippen molar-refractivity contribution in [3.63, 3.8) is 0 Å². The maximum absolute atomic E-state index is 9.78. The number of aliphatic hydroxyl groups excluding tert-OH is 1. The van der Waals surface area contributed by atoms with Crippen LogP contribution in [0.15, 0.2) is 0 Å². The van der Waals surface area contributed by atoms with Gasteiger partial charge in [-0.1, -0.05) is 0 Å². The number of rotatable bonds is 8. The summed E-state index contributed by atoms with van der Waals surface area (Å²) in [6, 6.07) is 0. The van der Waals surface area contributed by atoms with E-state index in [0.29, 0.717) is 18.5 Å². The van der Waals surface area contributed by atoms with Crippen LogP contribution in [-0.2, 0) is 14.2 Å². The second-order valence-electron chi connectivity index (χ2n) is 4.40. The van der Waals surface area contributed by atoms with E-state index in [9.17, 15) is 5.11 Å². The van der Waals surface area contributed by atoms with Crippen molar-refractivity contribution in [2.45, 2.75) is 37.2 Å². The predicted octanol–water partition coefficient (Wildman–Crippen LogP) is 1.31. The highest BCUT2D eigenvalue weighted by atomic mass is 32.2. The minimum Gasteiger partial charge on any atom is -0.390 e. The average Bonchev–Trinajstić information content (AvgIpc) is 2.35. The summed E-state index contributed by atoms with van der Waals surface area (Å²) in [6.07, 6.45) is 1.85. The molecule has 0 spiro atoms. The quantitative estimate of drug-likeness (QED) is 0.716. The molecule has 0 amide bonds. The van der Waals surface area contributed by atoms with Crippen LogP contribution in [0.3, 0.4) is 0 Å². The van der Waals surface area contributed by atoms with E-state index in [0.717, 1.165) is 31.8 Å². The third-order valence-corrected chi connectivity index (χ3v) is 4.19. The first-order valence-corrected chi connectivity index (χ1v) is 7.25. The smallest absolute Gasteiger partial charge is 0.0864 e. The van der Waals surface area contributed by atoms with Gasteiger partial charge in [0.25, 0.3) is 0 Å². The van der Waals surface area contributed by atoms with Crippen molar-refractivity contribution in [3.05, 3.63) is 0 Å². The highest BCUT2D eigenvalue weighted by Gasteiger charge is 2.16. The lowest BCUT2D eigenvalue weighted by Crippen LogP contribution is -2.26. The highest BCUT2D eigenvalue weighted by molar-refractivity contribution is 7.99. The van der Waals surface area contributed by atoms with Gasteiger partial charge < -0.3 is 19.3 Å². The lowest BCUT2D eigenvalue weighted by molar-refractivity contribution is -0.0257. The maximum Gasteiger partial charge on any atom is 0.0864 e. The molecule has 0 aromatic heterocycles. The zero-order valence-electron chi connectivity index (χ0n) is 10.8. The molecule has 0 radical (unpaired) electrons. The van der Waals surface area contributed by atoms with Gasteiger partial charge in [0.2, 0.25) is 0 Å². The second-order valence-corrected chi connectivity index (χ2v) is 5.73. The van der Waals surface area contributed by atoms with Crippen LogP contribution in [0.25, 0.3) is 0 Å². The van der Waals surface area contributed by atoms with Crippen molar-refractivity contribution < 1.29 is 19.3 Å². The Hall–Kier alpha value is 0.190.